The van der Waals surface area contributed by atoms with Crippen LogP contribution in [-0.4, -0.2) is 29.0 Å². The molecule has 0 saturated carbocycles. The highest BCUT2D eigenvalue weighted by Gasteiger charge is 2.12. The molecule has 27 heavy (non-hydrogen) atoms. The zero-order valence-electron chi connectivity index (χ0n) is 14.4. The van der Waals surface area contributed by atoms with Gasteiger partial charge < -0.3 is 15.0 Å². The van der Waals surface area contributed by atoms with Gasteiger partial charge in [-0.15, -0.1) is 11.3 Å². The molecule has 0 saturated heterocycles. The average Bonchev–Trinajstić information content (AvgIpc) is 3.36. The second-order valence-electron chi connectivity index (χ2n) is 5.82. The van der Waals surface area contributed by atoms with Crippen molar-refractivity contribution < 1.29 is 14.3 Å². The van der Waals surface area contributed by atoms with Gasteiger partial charge in [-0.05, 0) is 47.8 Å². The lowest BCUT2D eigenvalue weighted by Gasteiger charge is -2.06. The highest BCUT2D eigenvalue weighted by atomic mass is 32.1. The number of ether oxygens (including phenoxy) is 1. The van der Waals surface area contributed by atoms with Crippen molar-refractivity contribution in [3.63, 3.8) is 0 Å². The molecule has 1 amide bonds. The molecule has 134 valence electrons. The second-order valence-corrected chi connectivity index (χ2v) is 6.77. The van der Waals surface area contributed by atoms with Crippen LogP contribution in [0, 0.1) is 0 Å². The summed E-state index contributed by atoms with van der Waals surface area (Å²) in [7, 11) is 1.30. The third kappa shape index (κ3) is 3.45. The lowest BCUT2D eigenvalue weighted by molar-refractivity contribution is 0.0600. The molecule has 0 spiro atoms. The molecule has 4 rings (SSSR count). The van der Waals surface area contributed by atoms with Crippen LogP contribution in [-0.2, 0) is 4.74 Å². The van der Waals surface area contributed by atoms with Crippen LogP contribution in [0.4, 0.5) is 5.69 Å². The number of rotatable bonds is 4. The van der Waals surface area contributed by atoms with Gasteiger partial charge in [0, 0.05) is 11.3 Å². The minimum Gasteiger partial charge on any atom is -0.465 e. The number of nitrogens with one attached hydrogen (secondary N) is 2. The van der Waals surface area contributed by atoms with Crippen LogP contribution in [0.15, 0.2) is 60.0 Å². The molecule has 0 aliphatic carbocycles. The quantitative estimate of drug-likeness (QED) is 0.519. The van der Waals surface area contributed by atoms with E-state index in [0.29, 0.717) is 16.8 Å². The van der Waals surface area contributed by atoms with Gasteiger partial charge >= 0.3 is 5.97 Å². The molecule has 2 aromatic heterocycles. The number of carbonyl (C=O) groups excluding carboxylic acids is 2. The Hall–Kier alpha value is -3.45. The third-order valence-corrected chi connectivity index (χ3v) is 4.92. The number of hydrogen-bond acceptors (Lipinski definition) is 5. The first-order chi connectivity index (χ1) is 13.1. The number of methoxy groups -OCH3 is 1. The molecule has 0 aliphatic rings. The van der Waals surface area contributed by atoms with E-state index in [-0.39, 0.29) is 5.91 Å². The molecule has 0 radical (unpaired) electrons. The Labute approximate surface area is 158 Å². The number of carbonyl (C=O) groups is 2. The Morgan fingerprint density at radius 2 is 1.93 bits per heavy atom. The average molecular weight is 377 g/mol. The largest absolute Gasteiger partial charge is 0.465 e. The number of imidazole rings is 1. The minimum absolute atomic E-state index is 0.307. The monoisotopic (exact) mass is 377 g/mol. The van der Waals surface area contributed by atoms with Gasteiger partial charge in [0.05, 0.1) is 28.6 Å². The molecular weight excluding hydrogens is 362 g/mol. The van der Waals surface area contributed by atoms with Gasteiger partial charge in [0.1, 0.15) is 5.82 Å². The Morgan fingerprint density at radius 3 is 2.70 bits per heavy atom. The predicted molar refractivity (Wildman–Crippen MR) is 105 cm³/mol. The molecule has 4 aromatic rings. The van der Waals surface area contributed by atoms with E-state index in [1.807, 2.05) is 29.6 Å². The van der Waals surface area contributed by atoms with Crippen LogP contribution in [0.25, 0.3) is 21.7 Å². The highest BCUT2D eigenvalue weighted by Crippen LogP contribution is 2.26. The molecule has 0 aliphatic heterocycles. The summed E-state index contributed by atoms with van der Waals surface area (Å²) in [5.41, 5.74) is 3.00. The number of fused-ring (bicyclic) bond motifs is 1. The Balaban J connectivity index is 1.58. The maximum atomic E-state index is 12.5. The van der Waals surface area contributed by atoms with Crippen LogP contribution < -0.4 is 5.32 Å². The molecule has 0 fully saturated rings. The number of benzene rings is 2. The lowest BCUT2D eigenvalue weighted by atomic mass is 10.1. The summed E-state index contributed by atoms with van der Waals surface area (Å²) in [6, 6.07) is 15.9. The molecule has 2 N–H and O–H groups in total. The van der Waals surface area contributed by atoms with Crippen molar-refractivity contribution in [3.8, 4) is 10.7 Å². The number of aromatic nitrogens is 2. The summed E-state index contributed by atoms with van der Waals surface area (Å²) in [5, 5.41) is 4.84. The van der Waals surface area contributed by atoms with Gasteiger partial charge in [0.25, 0.3) is 5.91 Å². The molecule has 0 bridgehead atoms. The number of amides is 1. The van der Waals surface area contributed by atoms with Crippen molar-refractivity contribution in [1.82, 2.24) is 9.97 Å². The maximum absolute atomic E-state index is 12.5. The molecule has 0 atom stereocenters. The fourth-order valence-corrected chi connectivity index (χ4v) is 3.40. The van der Waals surface area contributed by atoms with Crippen LogP contribution >= 0.6 is 11.3 Å². The van der Waals surface area contributed by atoms with Gasteiger partial charge in [-0.2, -0.15) is 0 Å². The van der Waals surface area contributed by atoms with E-state index in [1.54, 1.807) is 35.6 Å². The van der Waals surface area contributed by atoms with E-state index in [0.717, 1.165) is 21.7 Å². The van der Waals surface area contributed by atoms with Gasteiger partial charge in [-0.25, -0.2) is 9.78 Å². The van der Waals surface area contributed by atoms with E-state index < -0.39 is 5.97 Å². The molecule has 0 unspecified atom stereocenters. The summed E-state index contributed by atoms with van der Waals surface area (Å²) >= 11 is 1.61. The first kappa shape index (κ1) is 17.0. The van der Waals surface area contributed by atoms with Crippen molar-refractivity contribution in [3.05, 3.63) is 71.1 Å². The number of aromatic amines is 1. The van der Waals surface area contributed by atoms with Crippen LogP contribution in [0.3, 0.4) is 0 Å². The molecule has 2 heterocycles. The van der Waals surface area contributed by atoms with Crippen molar-refractivity contribution >= 4 is 39.9 Å². The lowest BCUT2D eigenvalue weighted by Crippen LogP contribution is -2.13. The number of hydrogen-bond donors (Lipinski definition) is 2. The summed E-state index contributed by atoms with van der Waals surface area (Å²) in [4.78, 5) is 33.0. The number of H-pyrrole nitrogens is 1. The molecular formula is C20H15N3O3S. The zero-order chi connectivity index (χ0) is 18.8. The van der Waals surface area contributed by atoms with Gasteiger partial charge in [-0.1, -0.05) is 12.1 Å². The minimum atomic E-state index is -0.482. The van der Waals surface area contributed by atoms with Crippen molar-refractivity contribution in [1.29, 1.82) is 0 Å². The van der Waals surface area contributed by atoms with E-state index in [4.69, 9.17) is 0 Å². The third-order valence-electron chi connectivity index (χ3n) is 4.04. The van der Waals surface area contributed by atoms with E-state index in [2.05, 4.69) is 20.0 Å². The maximum Gasteiger partial charge on any atom is 0.337 e. The van der Waals surface area contributed by atoms with E-state index >= 15 is 0 Å². The molecule has 2 aromatic carbocycles. The molecule has 7 heteroatoms. The zero-order valence-corrected chi connectivity index (χ0v) is 15.2. The summed E-state index contributed by atoms with van der Waals surface area (Å²) in [6.07, 6.45) is 0. The van der Waals surface area contributed by atoms with Crippen molar-refractivity contribution in [2.45, 2.75) is 0 Å². The first-order valence-corrected chi connectivity index (χ1v) is 9.05. The van der Waals surface area contributed by atoms with Crippen LogP contribution in [0.1, 0.15) is 20.7 Å². The van der Waals surface area contributed by atoms with Gasteiger partial charge in [0.15, 0.2) is 0 Å². The topological polar surface area (TPSA) is 84.1 Å². The van der Waals surface area contributed by atoms with Gasteiger partial charge in [-0.3, -0.25) is 4.79 Å². The van der Waals surface area contributed by atoms with Crippen LogP contribution in [0.2, 0.25) is 0 Å². The number of esters is 1. The van der Waals surface area contributed by atoms with Crippen LogP contribution in [0.5, 0.6) is 0 Å². The summed E-state index contributed by atoms with van der Waals surface area (Å²) < 4.78 is 4.69. The van der Waals surface area contributed by atoms with Crippen molar-refractivity contribution in [2.75, 3.05) is 12.4 Å². The SMILES string of the molecule is COC(=O)c1cccc(C(=O)Nc2ccc3nc(-c4cccs4)[nH]c3c2)c1. The van der Waals surface area contributed by atoms with E-state index in [1.165, 1.54) is 13.2 Å². The summed E-state index contributed by atoms with van der Waals surface area (Å²) in [5.74, 6) is 0.0111. The number of nitrogens with zero attached hydrogens (tertiary/aromatic N) is 1. The highest BCUT2D eigenvalue weighted by molar-refractivity contribution is 7.13. The summed E-state index contributed by atoms with van der Waals surface area (Å²) in [6.45, 7) is 0. The molecule has 6 nitrogen and oxygen atoms in total. The Morgan fingerprint density at radius 1 is 1.07 bits per heavy atom. The standard InChI is InChI=1S/C20H15N3O3S/c1-26-20(25)13-5-2-4-12(10-13)19(24)21-14-7-8-15-16(11-14)23-18(22-15)17-6-3-9-27-17/h2-11H,1H3,(H,21,24)(H,22,23). The van der Waals surface area contributed by atoms with Crippen molar-refractivity contribution in [2.24, 2.45) is 0 Å². The Kier molecular flexibility index (Phi) is 4.43. The normalized spacial score (nSPS) is 10.7. The fraction of sp³-hybridized carbons (Fsp3) is 0.0500. The smallest absolute Gasteiger partial charge is 0.337 e. The Bertz CT molecular complexity index is 1130. The second kappa shape index (κ2) is 7.05. The van der Waals surface area contributed by atoms with E-state index in [9.17, 15) is 9.59 Å². The number of thiophene rings is 1. The predicted octanol–water partition coefficient (Wildman–Crippen LogP) is 4.33. The number of anilines is 1. The first-order valence-electron chi connectivity index (χ1n) is 8.17. The van der Waals surface area contributed by atoms with Gasteiger partial charge in [0.2, 0.25) is 0 Å². The fourth-order valence-electron chi connectivity index (χ4n) is 2.73.